The van der Waals surface area contributed by atoms with E-state index in [0.29, 0.717) is 0 Å². The number of hydrogen-bond acceptors (Lipinski definition) is 2. The van der Waals surface area contributed by atoms with Gasteiger partial charge in [0.15, 0.2) is 0 Å². The van der Waals surface area contributed by atoms with Gasteiger partial charge in [-0.15, -0.1) is 11.3 Å². The largest absolute Gasteiger partial charge is 0.388 e. The Balaban J connectivity index is 2.52. The Labute approximate surface area is 110 Å². The van der Waals surface area contributed by atoms with E-state index in [2.05, 4.69) is 46.8 Å². The third-order valence-electron chi connectivity index (χ3n) is 2.95. The van der Waals surface area contributed by atoms with Crippen molar-refractivity contribution in [2.75, 3.05) is 0 Å². The lowest BCUT2D eigenvalue weighted by atomic mass is 9.95. The fraction of sp³-hybridized carbons (Fsp3) is 0.733. The van der Waals surface area contributed by atoms with Crippen LogP contribution in [-0.2, 0) is 5.41 Å². The molecule has 98 valence electrons. The van der Waals surface area contributed by atoms with E-state index >= 15 is 0 Å². The van der Waals surface area contributed by atoms with Crippen LogP contribution >= 0.6 is 11.3 Å². The van der Waals surface area contributed by atoms with E-state index in [1.807, 2.05) is 0 Å². The standard InChI is InChI=1S/C15H26OS/c1-11(2)7-6-8-12(16)13-9-10-14(17-13)15(3,4)5/h9-12,16H,6-8H2,1-5H3. The molecule has 1 aromatic heterocycles. The molecule has 0 saturated heterocycles. The Kier molecular flexibility index (Phi) is 5.21. The van der Waals surface area contributed by atoms with Crippen LogP contribution in [-0.4, -0.2) is 5.11 Å². The summed E-state index contributed by atoms with van der Waals surface area (Å²) in [7, 11) is 0. The van der Waals surface area contributed by atoms with Crippen LogP contribution < -0.4 is 0 Å². The van der Waals surface area contributed by atoms with Crippen LogP contribution in [0.1, 0.15) is 69.7 Å². The Morgan fingerprint density at radius 2 is 1.82 bits per heavy atom. The molecule has 0 aliphatic rings. The third-order valence-corrected chi connectivity index (χ3v) is 4.57. The fourth-order valence-electron chi connectivity index (χ4n) is 1.80. The van der Waals surface area contributed by atoms with Gasteiger partial charge < -0.3 is 5.11 Å². The molecule has 1 atom stereocenters. The Morgan fingerprint density at radius 3 is 2.29 bits per heavy atom. The van der Waals surface area contributed by atoms with Crippen molar-refractivity contribution >= 4 is 11.3 Å². The maximum Gasteiger partial charge on any atom is 0.0882 e. The van der Waals surface area contributed by atoms with Crippen molar-refractivity contribution in [3.05, 3.63) is 21.9 Å². The van der Waals surface area contributed by atoms with Crippen LogP contribution in [0, 0.1) is 5.92 Å². The second kappa shape index (κ2) is 6.01. The molecule has 2 heteroatoms. The topological polar surface area (TPSA) is 20.2 Å². The molecule has 0 radical (unpaired) electrons. The molecule has 0 bridgehead atoms. The van der Waals surface area contributed by atoms with Gasteiger partial charge in [0.05, 0.1) is 6.10 Å². The normalized spacial score (nSPS) is 14.3. The summed E-state index contributed by atoms with van der Waals surface area (Å²) < 4.78 is 0. The van der Waals surface area contributed by atoms with Gasteiger partial charge in [-0.3, -0.25) is 0 Å². The van der Waals surface area contributed by atoms with Crippen LogP contribution in [0.5, 0.6) is 0 Å². The second-order valence-electron chi connectivity index (χ2n) is 6.29. The zero-order valence-electron chi connectivity index (χ0n) is 11.8. The SMILES string of the molecule is CC(C)CCCC(O)c1ccc(C(C)(C)C)s1. The Morgan fingerprint density at radius 1 is 1.18 bits per heavy atom. The summed E-state index contributed by atoms with van der Waals surface area (Å²) >= 11 is 1.76. The lowest BCUT2D eigenvalue weighted by molar-refractivity contribution is 0.165. The van der Waals surface area contributed by atoms with Crippen molar-refractivity contribution in [1.82, 2.24) is 0 Å². The summed E-state index contributed by atoms with van der Waals surface area (Å²) in [4.78, 5) is 2.48. The minimum absolute atomic E-state index is 0.195. The molecule has 1 unspecified atom stereocenters. The van der Waals surface area contributed by atoms with Crippen LogP contribution in [0.3, 0.4) is 0 Å². The second-order valence-corrected chi connectivity index (χ2v) is 7.41. The maximum atomic E-state index is 10.1. The molecule has 0 amide bonds. The predicted molar refractivity (Wildman–Crippen MR) is 76.7 cm³/mol. The van der Waals surface area contributed by atoms with E-state index in [-0.39, 0.29) is 11.5 Å². The predicted octanol–water partition coefficient (Wildman–Crippen LogP) is 4.91. The maximum absolute atomic E-state index is 10.1. The molecule has 1 nitrogen and oxygen atoms in total. The van der Waals surface area contributed by atoms with Crippen molar-refractivity contribution in [3.8, 4) is 0 Å². The van der Waals surface area contributed by atoms with Gasteiger partial charge in [-0.1, -0.05) is 47.5 Å². The number of thiophene rings is 1. The van der Waals surface area contributed by atoms with Gasteiger partial charge in [0.2, 0.25) is 0 Å². The highest BCUT2D eigenvalue weighted by Crippen LogP contribution is 2.33. The molecule has 1 aromatic rings. The van der Waals surface area contributed by atoms with Crippen molar-refractivity contribution < 1.29 is 5.11 Å². The highest BCUT2D eigenvalue weighted by molar-refractivity contribution is 7.12. The quantitative estimate of drug-likeness (QED) is 0.792. The summed E-state index contributed by atoms with van der Waals surface area (Å²) in [6.45, 7) is 11.1. The first-order valence-electron chi connectivity index (χ1n) is 6.59. The first-order valence-corrected chi connectivity index (χ1v) is 7.40. The first kappa shape index (κ1) is 14.7. The summed E-state index contributed by atoms with van der Waals surface area (Å²) in [6.07, 6.45) is 2.94. The van der Waals surface area contributed by atoms with Crippen molar-refractivity contribution in [2.24, 2.45) is 5.92 Å². The van der Waals surface area contributed by atoms with Crippen molar-refractivity contribution in [1.29, 1.82) is 0 Å². The smallest absolute Gasteiger partial charge is 0.0882 e. The zero-order chi connectivity index (χ0) is 13.1. The molecule has 0 aromatic carbocycles. The number of aliphatic hydroxyl groups is 1. The van der Waals surface area contributed by atoms with Gasteiger partial charge in [0.1, 0.15) is 0 Å². The highest BCUT2D eigenvalue weighted by atomic mass is 32.1. The number of rotatable bonds is 5. The van der Waals surface area contributed by atoms with E-state index < -0.39 is 0 Å². The molecule has 0 fully saturated rings. The molecule has 0 spiro atoms. The van der Waals surface area contributed by atoms with E-state index in [9.17, 15) is 5.11 Å². The van der Waals surface area contributed by atoms with E-state index in [0.717, 1.165) is 23.6 Å². The molecule has 1 N–H and O–H groups in total. The van der Waals surface area contributed by atoms with Crippen LogP contribution in [0.4, 0.5) is 0 Å². The van der Waals surface area contributed by atoms with E-state index in [1.54, 1.807) is 11.3 Å². The summed E-state index contributed by atoms with van der Waals surface area (Å²) in [5, 5.41) is 10.1. The lowest BCUT2D eigenvalue weighted by Crippen LogP contribution is -2.07. The Bertz CT molecular complexity index is 333. The lowest BCUT2D eigenvalue weighted by Gasteiger charge is -2.15. The van der Waals surface area contributed by atoms with Gasteiger partial charge in [-0.2, -0.15) is 0 Å². The minimum Gasteiger partial charge on any atom is -0.388 e. The minimum atomic E-state index is -0.269. The van der Waals surface area contributed by atoms with Crippen molar-refractivity contribution in [2.45, 2.75) is 65.4 Å². The molecular weight excluding hydrogens is 228 g/mol. The highest BCUT2D eigenvalue weighted by Gasteiger charge is 2.18. The first-order chi connectivity index (χ1) is 7.80. The van der Waals surface area contributed by atoms with E-state index in [4.69, 9.17) is 0 Å². The van der Waals surface area contributed by atoms with Gasteiger partial charge in [-0.25, -0.2) is 0 Å². The summed E-state index contributed by atoms with van der Waals surface area (Å²) in [6, 6.07) is 4.25. The monoisotopic (exact) mass is 254 g/mol. The molecule has 0 aliphatic heterocycles. The van der Waals surface area contributed by atoms with Crippen LogP contribution in [0.15, 0.2) is 12.1 Å². The average Bonchev–Trinajstić information content (AvgIpc) is 2.64. The third kappa shape index (κ3) is 4.81. The van der Waals surface area contributed by atoms with Gasteiger partial charge in [-0.05, 0) is 29.9 Å². The molecule has 0 aliphatic carbocycles. The average molecular weight is 254 g/mol. The van der Waals surface area contributed by atoms with Gasteiger partial charge >= 0.3 is 0 Å². The number of aliphatic hydroxyl groups excluding tert-OH is 1. The van der Waals surface area contributed by atoms with Crippen molar-refractivity contribution in [3.63, 3.8) is 0 Å². The van der Waals surface area contributed by atoms with Crippen LogP contribution in [0.2, 0.25) is 0 Å². The van der Waals surface area contributed by atoms with E-state index in [1.165, 1.54) is 11.3 Å². The molecule has 0 saturated carbocycles. The summed E-state index contributed by atoms with van der Waals surface area (Å²) in [5.74, 6) is 0.732. The van der Waals surface area contributed by atoms with Gasteiger partial charge in [0, 0.05) is 9.75 Å². The molecule has 1 rings (SSSR count). The Hall–Kier alpha value is -0.340. The summed E-state index contributed by atoms with van der Waals surface area (Å²) in [5.41, 5.74) is 0.195. The molecule has 1 heterocycles. The zero-order valence-corrected chi connectivity index (χ0v) is 12.6. The fourth-order valence-corrected chi connectivity index (χ4v) is 2.88. The molecule has 17 heavy (non-hydrogen) atoms. The molecular formula is C15H26OS. The van der Waals surface area contributed by atoms with Crippen LogP contribution in [0.25, 0.3) is 0 Å². The van der Waals surface area contributed by atoms with Gasteiger partial charge in [0.25, 0.3) is 0 Å². The number of hydrogen-bond donors (Lipinski definition) is 1.